The van der Waals surface area contributed by atoms with Crippen molar-refractivity contribution in [2.75, 3.05) is 13.1 Å². The molecule has 1 aromatic heterocycles. The van der Waals surface area contributed by atoms with Gasteiger partial charge in [0.15, 0.2) is 0 Å². The number of aliphatic carboxylic acids is 1. The van der Waals surface area contributed by atoms with Gasteiger partial charge in [-0.25, -0.2) is 0 Å². The quantitative estimate of drug-likeness (QED) is 0.946. The molecule has 2 unspecified atom stereocenters. The lowest BCUT2D eigenvalue weighted by molar-refractivity contribution is -0.144. The summed E-state index contributed by atoms with van der Waals surface area (Å²) in [7, 11) is 0. The molecule has 3 rings (SSSR count). The second-order valence-electron chi connectivity index (χ2n) is 6.55. The highest BCUT2D eigenvalue weighted by atomic mass is 16.4. The van der Waals surface area contributed by atoms with Crippen molar-refractivity contribution in [1.82, 2.24) is 9.88 Å². The average molecular weight is 298 g/mol. The number of carbonyl (C=O) groups is 1. The van der Waals surface area contributed by atoms with Gasteiger partial charge in [0, 0.05) is 30.7 Å². The number of rotatable bonds is 3. The molecule has 0 radical (unpaired) electrons. The Hall–Kier alpha value is -1.94. The predicted octanol–water partition coefficient (Wildman–Crippen LogP) is 3.09. The average Bonchev–Trinajstić information content (AvgIpc) is 2.47. The minimum Gasteiger partial charge on any atom is -0.481 e. The van der Waals surface area contributed by atoms with Crippen LogP contribution >= 0.6 is 0 Å². The normalized spacial score (nSPS) is 22.8. The van der Waals surface area contributed by atoms with Gasteiger partial charge >= 0.3 is 5.97 Å². The number of nitrogens with zero attached hydrogens (tertiary/aromatic N) is 2. The van der Waals surface area contributed by atoms with Crippen molar-refractivity contribution in [1.29, 1.82) is 0 Å². The highest BCUT2D eigenvalue weighted by Crippen LogP contribution is 2.24. The molecule has 0 spiro atoms. The summed E-state index contributed by atoms with van der Waals surface area (Å²) in [5, 5.41) is 10.4. The van der Waals surface area contributed by atoms with Gasteiger partial charge in [0.05, 0.1) is 11.4 Å². The van der Waals surface area contributed by atoms with Crippen molar-refractivity contribution < 1.29 is 9.90 Å². The maximum atomic E-state index is 11.3. The van der Waals surface area contributed by atoms with E-state index in [0.29, 0.717) is 12.5 Å². The summed E-state index contributed by atoms with van der Waals surface area (Å²) in [6.45, 7) is 6.54. The van der Waals surface area contributed by atoms with Gasteiger partial charge in [-0.15, -0.1) is 0 Å². The van der Waals surface area contributed by atoms with Crippen LogP contribution < -0.4 is 0 Å². The standard InChI is InChI=1S/C18H22N2O2/c1-12-7-16(18(21)22)11-20(9-12)10-14-4-6-17-15(8-14)5-3-13(2)19-17/h3-6,8,12,16H,7,9-11H2,1-2H3,(H,21,22). The SMILES string of the molecule is Cc1ccc2cc(CN3CC(C)CC(C(=O)O)C3)ccc2n1. The number of aryl methyl sites for hydroxylation is 1. The number of fused-ring (bicyclic) bond motifs is 1. The third-order valence-electron chi connectivity index (χ3n) is 4.38. The van der Waals surface area contributed by atoms with Gasteiger partial charge in [-0.2, -0.15) is 0 Å². The van der Waals surface area contributed by atoms with E-state index in [2.05, 4.69) is 41.1 Å². The van der Waals surface area contributed by atoms with Crippen molar-refractivity contribution in [3.8, 4) is 0 Å². The van der Waals surface area contributed by atoms with E-state index in [-0.39, 0.29) is 5.92 Å². The lowest BCUT2D eigenvalue weighted by atomic mass is 9.90. The second kappa shape index (κ2) is 6.05. The van der Waals surface area contributed by atoms with Gasteiger partial charge < -0.3 is 5.11 Å². The van der Waals surface area contributed by atoms with E-state index in [0.717, 1.165) is 36.1 Å². The first-order valence-corrected chi connectivity index (χ1v) is 7.82. The van der Waals surface area contributed by atoms with E-state index in [4.69, 9.17) is 0 Å². The fraction of sp³-hybridized carbons (Fsp3) is 0.444. The van der Waals surface area contributed by atoms with Crippen LogP contribution in [0.5, 0.6) is 0 Å². The zero-order chi connectivity index (χ0) is 15.7. The number of hydrogen-bond donors (Lipinski definition) is 1. The van der Waals surface area contributed by atoms with Crippen LogP contribution in [-0.4, -0.2) is 34.0 Å². The fourth-order valence-electron chi connectivity index (χ4n) is 3.40. The topological polar surface area (TPSA) is 53.4 Å². The molecule has 1 aliphatic heterocycles. The van der Waals surface area contributed by atoms with Crippen molar-refractivity contribution in [3.05, 3.63) is 41.6 Å². The van der Waals surface area contributed by atoms with E-state index in [1.165, 1.54) is 5.56 Å². The van der Waals surface area contributed by atoms with Gasteiger partial charge in [-0.3, -0.25) is 14.7 Å². The van der Waals surface area contributed by atoms with Crippen LogP contribution in [0.15, 0.2) is 30.3 Å². The zero-order valence-electron chi connectivity index (χ0n) is 13.1. The maximum absolute atomic E-state index is 11.3. The van der Waals surface area contributed by atoms with Gasteiger partial charge in [-0.05, 0) is 43.0 Å². The zero-order valence-corrected chi connectivity index (χ0v) is 13.1. The summed E-state index contributed by atoms with van der Waals surface area (Å²) in [6, 6.07) is 10.4. The molecule has 4 nitrogen and oxygen atoms in total. The van der Waals surface area contributed by atoms with Crippen LogP contribution in [-0.2, 0) is 11.3 Å². The smallest absolute Gasteiger partial charge is 0.307 e. The summed E-state index contributed by atoms with van der Waals surface area (Å²) in [5.74, 6) is -0.483. The van der Waals surface area contributed by atoms with Gasteiger partial charge in [0.25, 0.3) is 0 Å². The minimum atomic E-state index is -0.672. The second-order valence-corrected chi connectivity index (χ2v) is 6.55. The lowest BCUT2D eigenvalue weighted by Crippen LogP contribution is -2.41. The minimum absolute atomic E-state index is 0.242. The van der Waals surface area contributed by atoms with E-state index in [1.807, 2.05) is 13.0 Å². The molecule has 0 aliphatic carbocycles. The van der Waals surface area contributed by atoms with Crippen LogP contribution in [0.1, 0.15) is 24.6 Å². The van der Waals surface area contributed by atoms with E-state index in [9.17, 15) is 9.90 Å². The molecule has 1 aromatic carbocycles. The van der Waals surface area contributed by atoms with Crippen molar-refractivity contribution in [2.24, 2.45) is 11.8 Å². The molecule has 1 fully saturated rings. The first-order chi connectivity index (χ1) is 10.5. The van der Waals surface area contributed by atoms with Crippen LogP contribution in [0, 0.1) is 18.8 Å². The van der Waals surface area contributed by atoms with Crippen molar-refractivity contribution in [2.45, 2.75) is 26.8 Å². The number of carboxylic acid groups (broad SMARTS) is 1. The lowest BCUT2D eigenvalue weighted by Gasteiger charge is -2.34. The number of likely N-dealkylation sites (tertiary alicyclic amines) is 1. The van der Waals surface area contributed by atoms with Crippen molar-refractivity contribution in [3.63, 3.8) is 0 Å². The molecule has 22 heavy (non-hydrogen) atoms. The Balaban J connectivity index is 1.77. The Bertz CT molecular complexity index is 699. The predicted molar refractivity (Wildman–Crippen MR) is 86.7 cm³/mol. The number of aromatic nitrogens is 1. The molecular formula is C18H22N2O2. The molecule has 1 aliphatic rings. The molecule has 0 amide bonds. The molecule has 0 bridgehead atoms. The van der Waals surface area contributed by atoms with Crippen LogP contribution in [0.25, 0.3) is 10.9 Å². The van der Waals surface area contributed by atoms with E-state index < -0.39 is 5.97 Å². The third kappa shape index (κ3) is 3.28. The van der Waals surface area contributed by atoms with Crippen LogP contribution in [0.3, 0.4) is 0 Å². The number of benzene rings is 1. The van der Waals surface area contributed by atoms with Crippen molar-refractivity contribution >= 4 is 16.9 Å². The molecule has 116 valence electrons. The first kappa shape index (κ1) is 15.0. The molecule has 2 heterocycles. The molecule has 2 atom stereocenters. The van der Waals surface area contributed by atoms with Crippen LogP contribution in [0.2, 0.25) is 0 Å². The number of pyridine rings is 1. The van der Waals surface area contributed by atoms with Gasteiger partial charge in [0.2, 0.25) is 0 Å². The highest BCUT2D eigenvalue weighted by molar-refractivity contribution is 5.79. The monoisotopic (exact) mass is 298 g/mol. The van der Waals surface area contributed by atoms with E-state index >= 15 is 0 Å². The number of carboxylic acids is 1. The highest BCUT2D eigenvalue weighted by Gasteiger charge is 2.29. The molecule has 2 aromatic rings. The molecule has 4 heteroatoms. The van der Waals surface area contributed by atoms with Crippen LogP contribution in [0.4, 0.5) is 0 Å². The summed E-state index contributed by atoms with van der Waals surface area (Å²) in [5.41, 5.74) is 3.25. The maximum Gasteiger partial charge on any atom is 0.307 e. The molecule has 1 N–H and O–H groups in total. The number of hydrogen-bond acceptors (Lipinski definition) is 3. The fourth-order valence-corrected chi connectivity index (χ4v) is 3.40. The largest absolute Gasteiger partial charge is 0.481 e. The summed E-state index contributed by atoms with van der Waals surface area (Å²) >= 11 is 0. The third-order valence-corrected chi connectivity index (χ3v) is 4.38. The summed E-state index contributed by atoms with van der Waals surface area (Å²) in [6.07, 6.45) is 0.784. The Morgan fingerprint density at radius 1 is 1.32 bits per heavy atom. The molecule has 1 saturated heterocycles. The van der Waals surface area contributed by atoms with Gasteiger partial charge in [-0.1, -0.05) is 19.1 Å². The summed E-state index contributed by atoms with van der Waals surface area (Å²) in [4.78, 5) is 18.0. The number of piperidine rings is 1. The molecular weight excluding hydrogens is 276 g/mol. The Kier molecular flexibility index (Phi) is 4.12. The van der Waals surface area contributed by atoms with Gasteiger partial charge in [0.1, 0.15) is 0 Å². The first-order valence-electron chi connectivity index (χ1n) is 7.82. The molecule has 0 saturated carbocycles. The Labute approximate surface area is 130 Å². The summed E-state index contributed by atoms with van der Waals surface area (Å²) < 4.78 is 0. The Morgan fingerprint density at radius 3 is 2.91 bits per heavy atom. The Morgan fingerprint density at radius 2 is 2.14 bits per heavy atom. The van der Waals surface area contributed by atoms with E-state index in [1.54, 1.807) is 0 Å².